The molecule has 5 nitrogen and oxygen atoms in total. The smallest absolute Gasteiger partial charge is 0.272 e. The maximum atomic E-state index is 10.9. The molecule has 0 aliphatic heterocycles. The Balaban J connectivity index is 2.77. The van der Waals surface area contributed by atoms with Crippen molar-refractivity contribution >= 4 is 23.1 Å². The van der Waals surface area contributed by atoms with E-state index in [4.69, 9.17) is 0 Å². The molecule has 0 aromatic heterocycles. The molecule has 0 aliphatic carbocycles. The number of nitrogens with zero attached hydrogens (tertiary/aromatic N) is 2. The summed E-state index contributed by atoms with van der Waals surface area (Å²) in [4.78, 5) is 13.6. The minimum absolute atomic E-state index is 0.147. The number of nitro groups is 1. The lowest BCUT2D eigenvalue weighted by Gasteiger charge is -2.10. The second-order valence-electron chi connectivity index (χ2n) is 4.55. The van der Waals surface area contributed by atoms with Crippen molar-refractivity contribution < 1.29 is 4.92 Å². The third kappa shape index (κ3) is 5.94. The number of benzene rings is 1. The van der Waals surface area contributed by atoms with Crippen LogP contribution < -0.4 is 5.32 Å². The Morgan fingerprint density at radius 3 is 2.68 bits per heavy atom. The third-order valence-electron chi connectivity index (χ3n) is 2.49. The number of hydrogen-bond donors (Lipinski definition) is 1. The van der Waals surface area contributed by atoms with Gasteiger partial charge in [0, 0.05) is 41.6 Å². The molecule has 0 saturated heterocycles. The fourth-order valence-corrected chi connectivity index (χ4v) is 2.60. The Hall–Kier alpha value is -1.27. The molecule has 0 atom stereocenters. The molecular formula is C13H21N3O2S. The summed E-state index contributed by atoms with van der Waals surface area (Å²) in [6.07, 6.45) is 0.992. The Morgan fingerprint density at radius 2 is 2.11 bits per heavy atom. The molecule has 1 rings (SSSR count). The molecule has 1 aromatic rings. The van der Waals surface area contributed by atoms with Crippen molar-refractivity contribution in [2.75, 3.05) is 38.3 Å². The zero-order valence-corrected chi connectivity index (χ0v) is 12.5. The van der Waals surface area contributed by atoms with Crippen molar-refractivity contribution in [1.82, 2.24) is 4.90 Å². The predicted molar refractivity (Wildman–Crippen MR) is 81.2 cm³/mol. The van der Waals surface area contributed by atoms with Crippen LogP contribution in [-0.2, 0) is 0 Å². The Labute approximate surface area is 118 Å². The Morgan fingerprint density at radius 1 is 1.37 bits per heavy atom. The first kappa shape index (κ1) is 15.8. The van der Waals surface area contributed by atoms with Gasteiger partial charge in [0.05, 0.1) is 4.92 Å². The van der Waals surface area contributed by atoms with Crippen LogP contribution in [-0.4, -0.2) is 42.8 Å². The highest BCUT2D eigenvalue weighted by Gasteiger charge is 2.10. The molecule has 106 valence electrons. The quantitative estimate of drug-likeness (QED) is 0.451. The maximum absolute atomic E-state index is 10.9. The standard InChI is InChI=1S/C13H21N3O2S/c1-4-5-14-11-8-12(16(17)18)10-13(9-11)19-7-6-15(2)3/h8-10,14H,4-7H2,1-3H3. The third-order valence-corrected chi connectivity index (χ3v) is 3.44. The molecule has 19 heavy (non-hydrogen) atoms. The largest absolute Gasteiger partial charge is 0.385 e. The zero-order chi connectivity index (χ0) is 14.3. The van der Waals surface area contributed by atoms with E-state index in [2.05, 4.69) is 17.1 Å². The number of hydrogen-bond acceptors (Lipinski definition) is 5. The molecule has 1 aromatic carbocycles. The number of rotatable bonds is 8. The summed E-state index contributed by atoms with van der Waals surface area (Å²) in [6, 6.07) is 5.20. The molecule has 0 aliphatic rings. The first-order valence-electron chi connectivity index (χ1n) is 6.33. The first-order chi connectivity index (χ1) is 9.02. The second-order valence-corrected chi connectivity index (χ2v) is 5.72. The van der Waals surface area contributed by atoms with Gasteiger partial charge in [-0.15, -0.1) is 11.8 Å². The summed E-state index contributed by atoms with van der Waals surface area (Å²) < 4.78 is 0. The van der Waals surface area contributed by atoms with Gasteiger partial charge in [-0.2, -0.15) is 0 Å². The molecule has 0 bridgehead atoms. The Bertz CT molecular complexity index is 424. The summed E-state index contributed by atoms with van der Waals surface area (Å²) in [5.74, 6) is 0.918. The van der Waals surface area contributed by atoms with Crippen molar-refractivity contribution in [2.45, 2.75) is 18.2 Å². The fourth-order valence-electron chi connectivity index (χ4n) is 1.49. The van der Waals surface area contributed by atoms with Crippen molar-refractivity contribution in [3.8, 4) is 0 Å². The van der Waals surface area contributed by atoms with E-state index in [1.165, 1.54) is 0 Å². The minimum Gasteiger partial charge on any atom is -0.385 e. The topological polar surface area (TPSA) is 58.4 Å². The van der Waals surface area contributed by atoms with Gasteiger partial charge in [-0.1, -0.05) is 6.92 Å². The summed E-state index contributed by atoms with van der Waals surface area (Å²) in [6.45, 7) is 3.84. The highest BCUT2D eigenvalue weighted by Crippen LogP contribution is 2.27. The van der Waals surface area contributed by atoms with Crippen molar-refractivity contribution in [2.24, 2.45) is 0 Å². The summed E-state index contributed by atoms with van der Waals surface area (Å²) in [5, 5.41) is 14.1. The summed E-state index contributed by atoms with van der Waals surface area (Å²) in [5.41, 5.74) is 0.969. The van der Waals surface area contributed by atoms with Gasteiger partial charge in [0.25, 0.3) is 5.69 Å². The van der Waals surface area contributed by atoms with E-state index in [0.717, 1.165) is 35.8 Å². The van der Waals surface area contributed by atoms with Gasteiger partial charge in [-0.05, 0) is 26.6 Å². The highest BCUT2D eigenvalue weighted by molar-refractivity contribution is 7.99. The molecule has 0 spiro atoms. The molecule has 0 saturated carbocycles. The molecule has 0 fully saturated rings. The van der Waals surface area contributed by atoms with Crippen LogP contribution in [0.2, 0.25) is 0 Å². The van der Waals surface area contributed by atoms with Crippen LogP contribution in [0, 0.1) is 10.1 Å². The van der Waals surface area contributed by atoms with Crippen molar-refractivity contribution in [1.29, 1.82) is 0 Å². The number of thioether (sulfide) groups is 1. The molecular weight excluding hydrogens is 262 g/mol. The number of non-ortho nitro benzene ring substituents is 1. The van der Waals surface area contributed by atoms with Crippen LogP contribution in [0.4, 0.5) is 11.4 Å². The highest BCUT2D eigenvalue weighted by atomic mass is 32.2. The van der Waals surface area contributed by atoms with Gasteiger partial charge < -0.3 is 10.2 Å². The van der Waals surface area contributed by atoms with Crippen LogP contribution in [0.3, 0.4) is 0 Å². The van der Waals surface area contributed by atoms with E-state index in [1.807, 2.05) is 20.2 Å². The maximum Gasteiger partial charge on any atom is 0.272 e. The number of anilines is 1. The fraction of sp³-hybridized carbons (Fsp3) is 0.538. The van der Waals surface area contributed by atoms with E-state index < -0.39 is 0 Å². The lowest BCUT2D eigenvalue weighted by Crippen LogP contribution is -2.14. The van der Waals surface area contributed by atoms with E-state index in [0.29, 0.717) is 0 Å². The number of nitrogens with one attached hydrogen (secondary N) is 1. The average molecular weight is 283 g/mol. The normalized spacial score (nSPS) is 10.7. The van der Waals surface area contributed by atoms with Crippen LogP contribution in [0.15, 0.2) is 23.1 Å². The predicted octanol–water partition coefficient (Wildman–Crippen LogP) is 3.07. The SMILES string of the molecule is CCCNc1cc(SCCN(C)C)cc([N+](=O)[O-])c1. The zero-order valence-electron chi connectivity index (χ0n) is 11.7. The lowest BCUT2D eigenvalue weighted by molar-refractivity contribution is -0.385. The van der Waals surface area contributed by atoms with E-state index in [-0.39, 0.29) is 10.6 Å². The molecule has 0 amide bonds. The second kappa shape index (κ2) is 8.01. The van der Waals surface area contributed by atoms with Gasteiger partial charge in [0.2, 0.25) is 0 Å². The summed E-state index contributed by atoms with van der Waals surface area (Å²) in [7, 11) is 4.03. The van der Waals surface area contributed by atoms with Crippen molar-refractivity contribution in [3.05, 3.63) is 28.3 Å². The molecule has 1 N–H and O–H groups in total. The first-order valence-corrected chi connectivity index (χ1v) is 7.32. The molecule has 0 heterocycles. The van der Waals surface area contributed by atoms with E-state index in [1.54, 1.807) is 23.9 Å². The van der Waals surface area contributed by atoms with Crippen LogP contribution in [0.25, 0.3) is 0 Å². The van der Waals surface area contributed by atoms with Crippen LogP contribution in [0.5, 0.6) is 0 Å². The van der Waals surface area contributed by atoms with Gasteiger partial charge in [0.15, 0.2) is 0 Å². The van der Waals surface area contributed by atoms with E-state index in [9.17, 15) is 10.1 Å². The molecule has 6 heteroatoms. The minimum atomic E-state index is -0.340. The van der Waals surface area contributed by atoms with Gasteiger partial charge in [-0.25, -0.2) is 0 Å². The average Bonchev–Trinajstić information content (AvgIpc) is 2.35. The van der Waals surface area contributed by atoms with E-state index >= 15 is 0 Å². The van der Waals surface area contributed by atoms with Crippen LogP contribution >= 0.6 is 11.8 Å². The summed E-state index contributed by atoms with van der Waals surface area (Å²) >= 11 is 1.64. The van der Waals surface area contributed by atoms with Crippen molar-refractivity contribution in [3.63, 3.8) is 0 Å². The van der Waals surface area contributed by atoms with Crippen LogP contribution in [0.1, 0.15) is 13.3 Å². The molecule has 0 unspecified atom stereocenters. The van der Waals surface area contributed by atoms with Gasteiger partial charge in [0.1, 0.15) is 0 Å². The monoisotopic (exact) mass is 283 g/mol. The lowest BCUT2D eigenvalue weighted by atomic mass is 10.2. The number of nitro benzene ring substituents is 1. The van der Waals surface area contributed by atoms with Gasteiger partial charge >= 0.3 is 0 Å². The Kier molecular flexibility index (Phi) is 6.66. The van der Waals surface area contributed by atoms with Gasteiger partial charge in [-0.3, -0.25) is 10.1 Å². The molecule has 0 radical (unpaired) electrons.